The fourth-order valence-corrected chi connectivity index (χ4v) is 6.10. The van der Waals surface area contributed by atoms with Gasteiger partial charge >= 0.3 is 0 Å². The van der Waals surface area contributed by atoms with Gasteiger partial charge in [-0.05, 0) is 87.6 Å². The molecule has 8 nitrogen and oxygen atoms in total. The van der Waals surface area contributed by atoms with Crippen molar-refractivity contribution in [3.8, 4) is 24.0 Å². The predicted octanol–water partition coefficient (Wildman–Crippen LogP) is 7.79. The first-order valence-electron chi connectivity index (χ1n) is 16.0. The van der Waals surface area contributed by atoms with E-state index >= 15 is 0 Å². The molecule has 0 fully saturated rings. The van der Waals surface area contributed by atoms with Crippen molar-refractivity contribution in [2.24, 2.45) is 0 Å². The number of anilines is 1. The van der Waals surface area contributed by atoms with E-state index in [0.29, 0.717) is 12.2 Å². The maximum atomic E-state index is 9.82. The summed E-state index contributed by atoms with van der Waals surface area (Å²) in [4.78, 5) is 4.28. The molecule has 2 heterocycles. The van der Waals surface area contributed by atoms with E-state index in [-0.39, 0.29) is 30.1 Å². The Morgan fingerprint density at radius 1 is 0.854 bits per heavy atom. The van der Waals surface area contributed by atoms with Gasteiger partial charge in [-0.2, -0.15) is 15.8 Å². The zero-order valence-electron chi connectivity index (χ0n) is 27.4. The molecule has 9 heteroatoms. The number of nitrogens with zero attached hydrogens (tertiary/aromatic N) is 4. The molecule has 0 bridgehead atoms. The topological polar surface area (TPSA) is 134 Å². The van der Waals surface area contributed by atoms with Crippen LogP contribution in [0.15, 0.2) is 89.2 Å². The van der Waals surface area contributed by atoms with Gasteiger partial charge in [0, 0.05) is 58.9 Å². The Bertz CT molecular complexity index is 1770. The van der Waals surface area contributed by atoms with E-state index in [1.165, 1.54) is 0 Å². The first kappa shape index (κ1) is 35.7. The number of nitriles is 3. The van der Waals surface area contributed by atoms with E-state index < -0.39 is 5.60 Å². The van der Waals surface area contributed by atoms with Gasteiger partial charge in [-0.3, -0.25) is 0 Å². The highest BCUT2D eigenvalue weighted by atomic mass is 32.1. The first-order chi connectivity index (χ1) is 23.3. The van der Waals surface area contributed by atoms with Crippen LogP contribution in [0.1, 0.15) is 60.4 Å². The van der Waals surface area contributed by atoms with Gasteiger partial charge in [-0.1, -0.05) is 36.4 Å². The van der Waals surface area contributed by atoms with Crippen LogP contribution in [0.4, 0.5) is 5.69 Å². The second-order valence-electron chi connectivity index (χ2n) is 11.7. The van der Waals surface area contributed by atoms with Crippen LogP contribution < -0.4 is 9.64 Å². The normalized spacial score (nSPS) is 13.7. The molecule has 0 amide bonds. The van der Waals surface area contributed by atoms with Gasteiger partial charge in [0.2, 0.25) is 0 Å². The Morgan fingerprint density at radius 3 is 2.10 bits per heavy atom. The second-order valence-corrected chi connectivity index (χ2v) is 12.8. The van der Waals surface area contributed by atoms with Crippen molar-refractivity contribution in [1.82, 2.24) is 0 Å². The molecule has 0 saturated heterocycles. The summed E-state index contributed by atoms with van der Waals surface area (Å²) in [6.45, 7) is 5.96. The molecule has 0 spiro atoms. The summed E-state index contributed by atoms with van der Waals surface area (Å²) in [7, 11) is 0. The van der Waals surface area contributed by atoms with Crippen LogP contribution in [-0.4, -0.2) is 42.1 Å². The summed E-state index contributed by atoms with van der Waals surface area (Å²) in [5.74, 6) is 0.785. The molecule has 3 aromatic rings. The van der Waals surface area contributed by atoms with Crippen molar-refractivity contribution in [2.75, 3.05) is 31.2 Å². The average Bonchev–Trinajstić information content (AvgIpc) is 3.66. The summed E-state index contributed by atoms with van der Waals surface area (Å²) < 4.78 is 12.2. The van der Waals surface area contributed by atoms with E-state index in [2.05, 4.69) is 29.2 Å². The average molecular weight is 661 g/mol. The maximum absolute atomic E-state index is 9.82. The van der Waals surface area contributed by atoms with E-state index in [1.54, 1.807) is 25.2 Å². The van der Waals surface area contributed by atoms with E-state index in [4.69, 9.17) is 9.47 Å². The minimum Gasteiger partial charge on any atom is -0.488 e. The van der Waals surface area contributed by atoms with Crippen LogP contribution in [-0.2, 0) is 11.3 Å². The van der Waals surface area contributed by atoms with Crippen LogP contribution in [0.5, 0.6) is 5.75 Å². The number of hydrogen-bond donors (Lipinski definition) is 2. The van der Waals surface area contributed by atoms with Gasteiger partial charge in [-0.25, -0.2) is 0 Å². The molecular weight excluding hydrogens is 621 g/mol. The van der Waals surface area contributed by atoms with E-state index in [9.17, 15) is 26.0 Å². The fraction of sp³-hybridized carbons (Fsp3) is 0.308. The number of ether oxygens (including phenoxy) is 2. The lowest BCUT2D eigenvalue weighted by Crippen LogP contribution is -2.26. The molecule has 2 N–H and O–H groups in total. The van der Waals surface area contributed by atoms with Crippen molar-refractivity contribution < 1.29 is 19.7 Å². The SMILES string of the molecule is CC1(C)OC(=C(C#N)C#N)C(C#N)=C1/C=C/c1ccc(/C=C/c2ccc(N(CCCCO)CCCCO)cc2OCc2ccccc2)s1. The highest BCUT2D eigenvalue weighted by Crippen LogP contribution is 2.40. The monoisotopic (exact) mass is 660 g/mol. The van der Waals surface area contributed by atoms with Crippen molar-refractivity contribution in [3.63, 3.8) is 0 Å². The molecule has 4 rings (SSSR count). The molecular formula is C39H40N4O4S. The first-order valence-corrected chi connectivity index (χ1v) is 16.8. The summed E-state index contributed by atoms with van der Waals surface area (Å²) in [6, 6.07) is 26.0. The number of allylic oxidation sites excluding steroid dienone is 2. The zero-order chi connectivity index (χ0) is 34.4. The second kappa shape index (κ2) is 17.7. The van der Waals surface area contributed by atoms with Crippen molar-refractivity contribution in [1.29, 1.82) is 15.8 Å². The lowest BCUT2D eigenvalue weighted by atomic mass is 9.94. The van der Waals surface area contributed by atoms with Gasteiger partial charge in [0.1, 0.15) is 41.7 Å². The molecule has 246 valence electrons. The molecule has 1 aliphatic rings. The van der Waals surface area contributed by atoms with Gasteiger partial charge < -0.3 is 24.6 Å². The summed E-state index contributed by atoms with van der Waals surface area (Å²) in [6.07, 6.45) is 11.0. The lowest BCUT2D eigenvalue weighted by molar-refractivity contribution is 0.0954. The number of aliphatic hydroxyl groups excluding tert-OH is 2. The molecule has 0 saturated carbocycles. The molecule has 1 aliphatic heterocycles. The number of aliphatic hydroxyl groups is 2. The number of rotatable bonds is 16. The standard InChI is InChI=1S/C39H40N4O4S/c1-39(2)36(35(27-42)38(47-39)31(25-40)26-41)19-18-34-17-16-33(48-34)15-13-30-12-14-32(43(20-6-8-22-44)21-7-9-23-45)24-37(30)46-28-29-10-4-3-5-11-29/h3-5,10-19,24,44-45H,6-9,20-23,28H2,1-2H3/b15-13+,19-18+. The third-order valence-electron chi connectivity index (χ3n) is 7.83. The molecule has 0 aliphatic carbocycles. The molecule has 1 aromatic heterocycles. The minimum atomic E-state index is -0.870. The van der Waals surface area contributed by atoms with Crippen LogP contribution >= 0.6 is 11.3 Å². The fourth-order valence-electron chi connectivity index (χ4n) is 5.28. The third-order valence-corrected chi connectivity index (χ3v) is 8.84. The van der Waals surface area contributed by atoms with Gasteiger partial charge in [-0.15, -0.1) is 11.3 Å². The Labute approximate surface area is 287 Å². The Hall–Kier alpha value is -5.11. The van der Waals surface area contributed by atoms with Crippen LogP contribution in [0.2, 0.25) is 0 Å². The number of benzene rings is 2. The number of hydrogen-bond acceptors (Lipinski definition) is 9. The van der Waals surface area contributed by atoms with Crippen LogP contribution in [0, 0.1) is 34.0 Å². The Balaban J connectivity index is 1.59. The molecule has 2 aromatic carbocycles. The zero-order valence-corrected chi connectivity index (χ0v) is 28.2. The van der Waals surface area contributed by atoms with Crippen LogP contribution in [0.3, 0.4) is 0 Å². The van der Waals surface area contributed by atoms with Gasteiger partial charge in [0.15, 0.2) is 11.3 Å². The predicted molar refractivity (Wildman–Crippen MR) is 190 cm³/mol. The maximum Gasteiger partial charge on any atom is 0.172 e. The summed E-state index contributed by atoms with van der Waals surface area (Å²) in [5.41, 5.74) is 2.75. The van der Waals surface area contributed by atoms with Crippen molar-refractivity contribution >= 4 is 35.3 Å². The largest absolute Gasteiger partial charge is 0.488 e. The highest BCUT2D eigenvalue weighted by Gasteiger charge is 2.38. The van der Waals surface area contributed by atoms with Crippen molar-refractivity contribution in [3.05, 3.63) is 110 Å². The smallest absolute Gasteiger partial charge is 0.172 e. The summed E-state index contributed by atoms with van der Waals surface area (Å²) in [5, 5.41) is 47.1. The quantitative estimate of drug-likeness (QED) is 0.117. The lowest BCUT2D eigenvalue weighted by Gasteiger charge is -2.26. The third kappa shape index (κ3) is 9.47. The number of unbranched alkanes of at least 4 members (excludes halogenated alkanes) is 2. The van der Waals surface area contributed by atoms with Gasteiger partial charge in [0.25, 0.3) is 0 Å². The minimum absolute atomic E-state index is 0.0247. The molecule has 0 radical (unpaired) electrons. The Kier molecular flexibility index (Phi) is 13.2. The Morgan fingerprint density at radius 2 is 1.50 bits per heavy atom. The van der Waals surface area contributed by atoms with E-state index in [0.717, 1.165) is 71.1 Å². The summed E-state index contributed by atoms with van der Waals surface area (Å²) >= 11 is 1.58. The van der Waals surface area contributed by atoms with E-state index in [1.807, 2.05) is 78.9 Å². The van der Waals surface area contributed by atoms with Gasteiger partial charge in [0.05, 0.1) is 0 Å². The van der Waals surface area contributed by atoms with Crippen molar-refractivity contribution in [2.45, 2.75) is 51.7 Å². The molecule has 48 heavy (non-hydrogen) atoms. The van der Waals surface area contributed by atoms with Crippen LogP contribution in [0.25, 0.3) is 18.2 Å². The molecule has 0 unspecified atom stereocenters. The number of thiophene rings is 1. The molecule has 0 atom stereocenters. The highest BCUT2D eigenvalue weighted by molar-refractivity contribution is 7.13.